The molecule has 6 heteroatoms. The largest absolute Gasteiger partial charge is 0.369 e. The fourth-order valence-electron chi connectivity index (χ4n) is 2.39. The van der Waals surface area contributed by atoms with Crippen molar-refractivity contribution in [3.63, 3.8) is 0 Å². The summed E-state index contributed by atoms with van der Waals surface area (Å²) in [5.41, 5.74) is 10.8. The zero-order valence-corrected chi connectivity index (χ0v) is 11.8. The molecule has 0 bridgehead atoms. The molecule has 0 aromatic heterocycles. The highest BCUT2D eigenvalue weighted by Gasteiger charge is 2.24. The van der Waals surface area contributed by atoms with Gasteiger partial charge in [-0.15, -0.1) is 0 Å². The lowest BCUT2D eigenvalue weighted by atomic mass is 9.97. The van der Waals surface area contributed by atoms with Crippen LogP contribution < -0.4 is 11.5 Å². The topological polar surface area (TPSA) is 92.7 Å². The summed E-state index contributed by atoms with van der Waals surface area (Å²) >= 11 is 0. The Hall–Kier alpha value is -1.14. The van der Waals surface area contributed by atoms with Gasteiger partial charge in [-0.05, 0) is 32.4 Å². The Morgan fingerprint density at radius 2 is 2.16 bits per heavy atom. The van der Waals surface area contributed by atoms with Crippen molar-refractivity contribution < 1.29 is 9.59 Å². The van der Waals surface area contributed by atoms with Gasteiger partial charge in [0.05, 0.1) is 5.92 Å². The number of hydrogen-bond donors (Lipinski definition) is 2. The summed E-state index contributed by atoms with van der Waals surface area (Å²) in [6.07, 6.45) is 3.17. The smallest absolute Gasteiger partial charge is 0.223 e. The summed E-state index contributed by atoms with van der Waals surface area (Å²) in [5, 5.41) is 0. The quantitative estimate of drug-likeness (QED) is 0.645. The number of rotatable bonds is 7. The monoisotopic (exact) mass is 270 g/mol. The summed E-state index contributed by atoms with van der Waals surface area (Å²) in [5.74, 6) is -0.149. The highest BCUT2D eigenvalue weighted by atomic mass is 16.2. The molecule has 1 atom stereocenters. The second-order valence-corrected chi connectivity index (χ2v) is 5.25. The van der Waals surface area contributed by atoms with E-state index < -0.39 is 0 Å². The van der Waals surface area contributed by atoms with E-state index in [1.165, 1.54) is 0 Å². The molecule has 0 aromatic rings. The first-order valence-corrected chi connectivity index (χ1v) is 7.00. The van der Waals surface area contributed by atoms with Crippen LogP contribution in [0.3, 0.4) is 0 Å². The molecule has 110 valence electrons. The maximum Gasteiger partial charge on any atom is 0.223 e. The van der Waals surface area contributed by atoms with Gasteiger partial charge in [-0.25, -0.2) is 0 Å². The molecule has 1 unspecified atom stereocenters. The maximum atomic E-state index is 11.9. The highest BCUT2D eigenvalue weighted by Crippen LogP contribution is 2.16. The van der Waals surface area contributed by atoms with Crippen molar-refractivity contribution in [1.82, 2.24) is 9.80 Å². The first-order valence-electron chi connectivity index (χ1n) is 7.00. The number of piperidine rings is 1. The average Bonchev–Trinajstić information content (AvgIpc) is 2.42. The van der Waals surface area contributed by atoms with E-state index in [4.69, 9.17) is 11.5 Å². The molecular formula is C13H26N4O2. The Balaban J connectivity index is 2.27. The molecule has 6 nitrogen and oxygen atoms in total. The number of carbonyl (C=O) groups is 2. The Morgan fingerprint density at radius 1 is 1.42 bits per heavy atom. The lowest BCUT2D eigenvalue weighted by molar-refractivity contribution is -0.130. The van der Waals surface area contributed by atoms with E-state index in [9.17, 15) is 9.59 Å². The average molecular weight is 270 g/mol. The Labute approximate surface area is 115 Å². The van der Waals surface area contributed by atoms with Gasteiger partial charge in [0.15, 0.2) is 0 Å². The van der Waals surface area contributed by atoms with E-state index in [-0.39, 0.29) is 17.7 Å². The summed E-state index contributed by atoms with van der Waals surface area (Å²) in [7, 11) is 1.81. The molecular weight excluding hydrogens is 244 g/mol. The van der Waals surface area contributed by atoms with Crippen LogP contribution in [0.1, 0.15) is 25.7 Å². The summed E-state index contributed by atoms with van der Waals surface area (Å²) in [6, 6.07) is 0. The SMILES string of the molecule is CN(CCCN)C(=O)CCN1CCCC(C(N)=O)C1. The van der Waals surface area contributed by atoms with Crippen LogP contribution in [0.15, 0.2) is 0 Å². The van der Waals surface area contributed by atoms with Crippen molar-refractivity contribution in [2.24, 2.45) is 17.4 Å². The van der Waals surface area contributed by atoms with Gasteiger partial charge in [-0.1, -0.05) is 0 Å². The van der Waals surface area contributed by atoms with Crippen LogP contribution in [0.2, 0.25) is 0 Å². The number of nitrogens with two attached hydrogens (primary N) is 2. The number of hydrogen-bond acceptors (Lipinski definition) is 4. The molecule has 1 fully saturated rings. The standard InChI is InChI=1S/C13H26N4O2/c1-16(7-3-6-14)12(18)5-9-17-8-2-4-11(10-17)13(15)19/h11H,2-10,14H2,1H3,(H2,15,19). The van der Waals surface area contributed by atoms with Gasteiger partial charge in [0.2, 0.25) is 11.8 Å². The Bertz CT molecular complexity index is 309. The molecule has 4 N–H and O–H groups in total. The summed E-state index contributed by atoms with van der Waals surface area (Å²) in [4.78, 5) is 26.9. The summed E-state index contributed by atoms with van der Waals surface area (Å²) in [6.45, 7) is 3.65. The second kappa shape index (κ2) is 8.12. The number of nitrogens with zero attached hydrogens (tertiary/aromatic N) is 2. The normalized spacial score (nSPS) is 20.2. The third-order valence-electron chi connectivity index (χ3n) is 3.67. The second-order valence-electron chi connectivity index (χ2n) is 5.25. The van der Waals surface area contributed by atoms with Gasteiger partial charge in [0, 0.05) is 33.1 Å². The van der Waals surface area contributed by atoms with E-state index in [0.717, 1.165) is 25.8 Å². The molecule has 0 aliphatic carbocycles. The van der Waals surface area contributed by atoms with E-state index >= 15 is 0 Å². The van der Waals surface area contributed by atoms with E-state index in [2.05, 4.69) is 4.90 Å². The van der Waals surface area contributed by atoms with Gasteiger partial charge in [0.1, 0.15) is 0 Å². The zero-order valence-electron chi connectivity index (χ0n) is 11.8. The van der Waals surface area contributed by atoms with Gasteiger partial charge < -0.3 is 21.3 Å². The molecule has 0 radical (unpaired) electrons. The molecule has 0 saturated carbocycles. The fraction of sp³-hybridized carbons (Fsp3) is 0.846. The van der Waals surface area contributed by atoms with Crippen LogP contribution >= 0.6 is 0 Å². The van der Waals surface area contributed by atoms with Crippen molar-refractivity contribution in [3.05, 3.63) is 0 Å². The minimum Gasteiger partial charge on any atom is -0.369 e. The lowest BCUT2D eigenvalue weighted by Crippen LogP contribution is -2.42. The minimum atomic E-state index is -0.226. The molecule has 0 spiro atoms. The number of likely N-dealkylation sites (tertiary alicyclic amines) is 1. The predicted octanol–water partition coefficient (Wildman–Crippen LogP) is -0.619. The van der Waals surface area contributed by atoms with Gasteiger partial charge >= 0.3 is 0 Å². The van der Waals surface area contributed by atoms with E-state index in [1.807, 2.05) is 0 Å². The van der Waals surface area contributed by atoms with E-state index in [1.54, 1.807) is 11.9 Å². The molecule has 1 rings (SSSR count). The molecule has 2 amide bonds. The van der Waals surface area contributed by atoms with Crippen molar-refractivity contribution >= 4 is 11.8 Å². The maximum absolute atomic E-state index is 11.9. The number of carbonyl (C=O) groups excluding carboxylic acids is 2. The first-order chi connectivity index (χ1) is 9.04. The lowest BCUT2D eigenvalue weighted by Gasteiger charge is -2.31. The van der Waals surface area contributed by atoms with Crippen LogP contribution in [0.25, 0.3) is 0 Å². The third kappa shape index (κ3) is 5.57. The summed E-state index contributed by atoms with van der Waals surface area (Å²) < 4.78 is 0. The van der Waals surface area contributed by atoms with Crippen molar-refractivity contribution in [2.75, 3.05) is 39.8 Å². The van der Waals surface area contributed by atoms with Crippen LogP contribution in [-0.2, 0) is 9.59 Å². The molecule has 1 heterocycles. The van der Waals surface area contributed by atoms with Crippen molar-refractivity contribution in [3.8, 4) is 0 Å². The van der Waals surface area contributed by atoms with Crippen LogP contribution in [-0.4, -0.2) is 61.4 Å². The van der Waals surface area contributed by atoms with Gasteiger partial charge in [0.25, 0.3) is 0 Å². The van der Waals surface area contributed by atoms with Crippen molar-refractivity contribution in [2.45, 2.75) is 25.7 Å². The molecule has 1 aliphatic rings. The third-order valence-corrected chi connectivity index (χ3v) is 3.67. The van der Waals surface area contributed by atoms with Crippen LogP contribution in [0, 0.1) is 5.92 Å². The van der Waals surface area contributed by atoms with Gasteiger partial charge in [-0.2, -0.15) is 0 Å². The number of primary amides is 1. The molecule has 19 heavy (non-hydrogen) atoms. The van der Waals surface area contributed by atoms with E-state index in [0.29, 0.717) is 32.6 Å². The molecule has 0 aromatic carbocycles. The van der Waals surface area contributed by atoms with Crippen molar-refractivity contribution in [1.29, 1.82) is 0 Å². The minimum absolute atomic E-state index is 0.0566. The predicted molar refractivity (Wildman–Crippen MR) is 74.3 cm³/mol. The number of amides is 2. The van der Waals surface area contributed by atoms with Crippen LogP contribution in [0.4, 0.5) is 0 Å². The Kier molecular flexibility index (Phi) is 6.80. The first kappa shape index (κ1) is 15.9. The fourth-order valence-corrected chi connectivity index (χ4v) is 2.39. The molecule has 1 aliphatic heterocycles. The zero-order chi connectivity index (χ0) is 14.3. The van der Waals surface area contributed by atoms with Crippen LogP contribution in [0.5, 0.6) is 0 Å². The molecule has 1 saturated heterocycles. The highest BCUT2D eigenvalue weighted by molar-refractivity contribution is 5.77. The van der Waals surface area contributed by atoms with Gasteiger partial charge in [-0.3, -0.25) is 9.59 Å². The Morgan fingerprint density at radius 3 is 2.79 bits per heavy atom.